The number of hydrogen-bond donors (Lipinski definition) is 1. The van der Waals surface area contributed by atoms with Crippen LogP contribution >= 0.6 is 0 Å². The average molecular weight is 486 g/mol. The maximum Gasteiger partial charge on any atom is 0.329 e. The quantitative estimate of drug-likeness (QED) is 0.380. The van der Waals surface area contributed by atoms with Crippen molar-refractivity contribution < 1.29 is 4.79 Å². The molecule has 2 unspecified atom stereocenters. The number of tetrazole rings is 1. The molecule has 36 heavy (non-hydrogen) atoms. The number of benzene rings is 1. The minimum Gasteiger partial charge on any atom is -0.297 e. The minimum absolute atomic E-state index is 0.124. The SMILES string of the molecule is CCCCc1cn(C2C(=O)CCC2CC)c(=O)n1Cc1cnccc1-c1ccccc1-c1nn[nH]n1. The van der Waals surface area contributed by atoms with Gasteiger partial charge in [-0.25, -0.2) is 4.79 Å². The van der Waals surface area contributed by atoms with Crippen LogP contribution in [0.3, 0.4) is 0 Å². The second-order valence-electron chi connectivity index (χ2n) is 9.43. The second kappa shape index (κ2) is 10.4. The van der Waals surface area contributed by atoms with E-state index in [1.807, 2.05) is 47.3 Å². The van der Waals surface area contributed by atoms with E-state index in [1.165, 1.54) is 0 Å². The van der Waals surface area contributed by atoms with Crippen LogP contribution in [0.2, 0.25) is 0 Å². The van der Waals surface area contributed by atoms with Crippen LogP contribution in [0.1, 0.15) is 63.3 Å². The van der Waals surface area contributed by atoms with Crippen LogP contribution in [0, 0.1) is 5.92 Å². The van der Waals surface area contributed by atoms with E-state index >= 15 is 0 Å². The normalized spacial score (nSPS) is 17.7. The number of hydrogen-bond acceptors (Lipinski definition) is 6. The highest BCUT2D eigenvalue weighted by Crippen LogP contribution is 2.35. The summed E-state index contributed by atoms with van der Waals surface area (Å²) < 4.78 is 3.53. The van der Waals surface area contributed by atoms with Crippen molar-refractivity contribution in [2.24, 2.45) is 5.92 Å². The molecule has 5 rings (SSSR count). The molecular weight excluding hydrogens is 454 g/mol. The Hall–Kier alpha value is -3.88. The van der Waals surface area contributed by atoms with Gasteiger partial charge >= 0.3 is 5.69 Å². The highest BCUT2D eigenvalue weighted by Gasteiger charge is 2.36. The topological polar surface area (TPSA) is 111 Å². The lowest BCUT2D eigenvalue weighted by molar-refractivity contribution is -0.120. The van der Waals surface area contributed by atoms with Gasteiger partial charge in [-0.1, -0.05) is 51.0 Å². The lowest BCUT2D eigenvalue weighted by Crippen LogP contribution is -2.32. The number of H-pyrrole nitrogens is 1. The van der Waals surface area contributed by atoms with Gasteiger partial charge in [0.1, 0.15) is 0 Å². The number of carbonyl (C=O) groups excluding carboxylic acids is 1. The first-order valence-corrected chi connectivity index (χ1v) is 12.7. The number of nitrogens with one attached hydrogen (secondary N) is 1. The Morgan fingerprint density at radius 2 is 1.92 bits per heavy atom. The fraction of sp³-hybridized carbons (Fsp3) is 0.407. The average Bonchev–Trinajstić information content (AvgIpc) is 3.64. The van der Waals surface area contributed by atoms with Gasteiger partial charge in [0.15, 0.2) is 5.78 Å². The molecule has 2 atom stereocenters. The largest absolute Gasteiger partial charge is 0.329 e. The third-order valence-electron chi connectivity index (χ3n) is 7.27. The second-order valence-corrected chi connectivity index (χ2v) is 9.43. The summed E-state index contributed by atoms with van der Waals surface area (Å²) in [5.41, 5.74) is 4.48. The molecular formula is C27H31N7O2. The van der Waals surface area contributed by atoms with Crippen LogP contribution in [-0.2, 0) is 17.8 Å². The van der Waals surface area contributed by atoms with Gasteiger partial charge in [-0.15, -0.1) is 10.2 Å². The molecule has 1 aliphatic carbocycles. The van der Waals surface area contributed by atoms with Gasteiger partial charge in [0.05, 0.1) is 12.6 Å². The summed E-state index contributed by atoms with van der Waals surface area (Å²) in [6.07, 6.45) is 10.6. The van der Waals surface area contributed by atoms with Crippen molar-refractivity contribution in [3.05, 3.63) is 70.7 Å². The number of pyridine rings is 1. The van der Waals surface area contributed by atoms with Crippen molar-refractivity contribution in [3.8, 4) is 22.5 Å². The first kappa shape index (κ1) is 23.8. The van der Waals surface area contributed by atoms with E-state index in [1.54, 1.807) is 10.8 Å². The number of ketones is 1. The maximum atomic E-state index is 13.8. The number of Topliss-reactive ketones (excluding diaryl/α,β-unsaturated/α-hetero) is 1. The molecule has 1 aliphatic rings. The molecule has 4 aromatic rings. The molecule has 9 nitrogen and oxygen atoms in total. The predicted molar refractivity (Wildman–Crippen MR) is 136 cm³/mol. The van der Waals surface area contributed by atoms with Gasteiger partial charge in [-0.3, -0.25) is 18.9 Å². The van der Waals surface area contributed by atoms with Crippen LogP contribution in [0.4, 0.5) is 0 Å². The van der Waals surface area contributed by atoms with E-state index in [4.69, 9.17) is 0 Å². The summed E-state index contributed by atoms with van der Waals surface area (Å²) in [5.74, 6) is 0.880. The summed E-state index contributed by atoms with van der Waals surface area (Å²) in [4.78, 5) is 30.9. The minimum atomic E-state index is -0.364. The Labute approximate surface area is 209 Å². The monoisotopic (exact) mass is 485 g/mol. The molecule has 9 heteroatoms. The first-order valence-electron chi connectivity index (χ1n) is 12.7. The van der Waals surface area contributed by atoms with Gasteiger partial charge < -0.3 is 0 Å². The lowest BCUT2D eigenvalue weighted by Gasteiger charge is -2.17. The molecule has 0 saturated heterocycles. The molecule has 1 fully saturated rings. The number of rotatable bonds is 9. The van der Waals surface area contributed by atoms with Gasteiger partial charge in [-0.2, -0.15) is 5.21 Å². The summed E-state index contributed by atoms with van der Waals surface area (Å²) in [6.45, 7) is 4.60. The summed E-state index contributed by atoms with van der Waals surface area (Å²) in [5, 5.41) is 14.6. The fourth-order valence-corrected chi connectivity index (χ4v) is 5.35. The highest BCUT2D eigenvalue weighted by atomic mass is 16.2. The molecule has 0 aliphatic heterocycles. The lowest BCUT2D eigenvalue weighted by atomic mass is 9.96. The van der Waals surface area contributed by atoms with E-state index in [9.17, 15) is 9.59 Å². The zero-order chi connectivity index (χ0) is 25.1. The Bertz CT molecular complexity index is 1400. The van der Waals surface area contributed by atoms with E-state index in [2.05, 4.69) is 39.5 Å². The smallest absolute Gasteiger partial charge is 0.297 e. The van der Waals surface area contributed by atoms with Crippen molar-refractivity contribution >= 4 is 5.78 Å². The summed E-state index contributed by atoms with van der Waals surface area (Å²) in [7, 11) is 0. The standard InChI is InChI=1S/C27H31N7O2/c1-3-5-8-20-17-34(25-18(4-2)11-12-24(25)35)27(36)33(20)16-19-15-28-14-13-21(19)22-9-6-7-10-23(22)26-29-31-32-30-26/h6-7,9-10,13-15,17-18,25H,3-5,8,11-12,16H2,1-2H3,(H,29,30,31,32). The molecule has 0 spiro atoms. The van der Waals surface area contributed by atoms with E-state index < -0.39 is 0 Å². The van der Waals surface area contributed by atoms with Crippen molar-refractivity contribution in [1.29, 1.82) is 0 Å². The van der Waals surface area contributed by atoms with Gasteiger partial charge in [0, 0.05) is 36.3 Å². The Morgan fingerprint density at radius 1 is 1.08 bits per heavy atom. The zero-order valence-electron chi connectivity index (χ0n) is 20.7. The van der Waals surface area contributed by atoms with Crippen LogP contribution in [0.15, 0.2) is 53.7 Å². The Morgan fingerprint density at radius 3 is 2.67 bits per heavy atom. The van der Waals surface area contributed by atoms with Crippen LogP contribution in [0.25, 0.3) is 22.5 Å². The number of nitrogens with zero attached hydrogens (tertiary/aromatic N) is 6. The molecule has 186 valence electrons. The number of aromatic amines is 1. The molecule has 1 N–H and O–H groups in total. The number of carbonyl (C=O) groups is 1. The third-order valence-corrected chi connectivity index (χ3v) is 7.27. The van der Waals surface area contributed by atoms with Crippen LogP contribution in [-0.4, -0.2) is 40.5 Å². The van der Waals surface area contributed by atoms with Crippen LogP contribution < -0.4 is 5.69 Å². The summed E-state index contributed by atoms with van der Waals surface area (Å²) in [6, 6.07) is 9.46. The number of aryl methyl sites for hydroxylation is 1. The van der Waals surface area contributed by atoms with Crippen molar-refractivity contribution in [1.82, 2.24) is 34.7 Å². The molecule has 0 amide bonds. The number of imidazole rings is 1. The first-order chi connectivity index (χ1) is 17.6. The predicted octanol–water partition coefficient (Wildman–Crippen LogP) is 4.21. The molecule has 0 bridgehead atoms. The number of aromatic nitrogens is 7. The van der Waals surface area contributed by atoms with Crippen molar-refractivity contribution in [3.63, 3.8) is 0 Å². The Kier molecular flexibility index (Phi) is 6.88. The zero-order valence-corrected chi connectivity index (χ0v) is 20.7. The fourth-order valence-electron chi connectivity index (χ4n) is 5.35. The van der Waals surface area contributed by atoms with Gasteiger partial charge in [0.2, 0.25) is 5.82 Å². The van der Waals surface area contributed by atoms with E-state index in [0.29, 0.717) is 18.8 Å². The summed E-state index contributed by atoms with van der Waals surface area (Å²) >= 11 is 0. The third kappa shape index (κ3) is 4.41. The van der Waals surface area contributed by atoms with Crippen molar-refractivity contribution in [2.75, 3.05) is 0 Å². The van der Waals surface area contributed by atoms with E-state index in [-0.39, 0.29) is 23.4 Å². The van der Waals surface area contributed by atoms with Crippen LogP contribution in [0.5, 0.6) is 0 Å². The van der Waals surface area contributed by atoms with Gasteiger partial charge in [0.25, 0.3) is 0 Å². The van der Waals surface area contributed by atoms with E-state index in [0.717, 1.165) is 60.1 Å². The molecule has 3 heterocycles. The highest BCUT2D eigenvalue weighted by molar-refractivity contribution is 5.85. The van der Waals surface area contributed by atoms with Crippen molar-refractivity contribution in [2.45, 2.75) is 65.0 Å². The maximum absolute atomic E-state index is 13.8. The molecule has 0 radical (unpaired) electrons. The Balaban J connectivity index is 1.59. The molecule has 1 saturated carbocycles. The number of unbranched alkanes of at least 4 members (excludes halogenated alkanes) is 1. The molecule has 3 aromatic heterocycles. The molecule has 1 aromatic carbocycles. The van der Waals surface area contributed by atoms with Gasteiger partial charge in [-0.05, 0) is 53.2 Å².